The van der Waals surface area contributed by atoms with Gasteiger partial charge in [0.15, 0.2) is 4.34 Å². The summed E-state index contributed by atoms with van der Waals surface area (Å²) in [5.41, 5.74) is 2.49. The molecule has 0 aliphatic carbocycles. The maximum atomic E-state index is 12.4. The molecular weight excluding hydrogens is 454 g/mol. The molecule has 1 heterocycles. The molecule has 0 saturated carbocycles. The van der Waals surface area contributed by atoms with E-state index in [1.807, 2.05) is 72.1 Å². The molecule has 0 fully saturated rings. The highest BCUT2D eigenvalue weighted by atomic mass is 32.2. The average molecular weight is 478 g/mol. The van der Waals surface area contributed by atoms with Crippen molar-refractivity contribution in [2.24, 2.45) is 0 Å². The van der Waals surface area contributed by atoms with Crippen LogP contribution in [0.4, 0.5) is 5.69 Å². The Balaban J connectivity index is 1.24. The number of ether oxygens (including phenoxy) is 1. The Bertz CT molecular complexity index is 1250. The van der Waals surface area contributed by atoms with Crippen LogP contribution >= 0.6 is 23.1 Å². The standard InChI is InChI=1S/C25H23N3O3S2/c1-31-20-11-9-17(10-12-20)14-26-23(29)13-19-15-32-25(27-19)33-16-24(30)28-22-8-4-6-18-5-2-3-7-21(18)22/h2-12,15H,13-14,16H2,1H3,(H,26,29)(H,28,30). The van der Waals surface area contributed by atoms with Gasteiger partial charge in [-0.15, -0.1) is 11.3 Å². The summed E-state index contributed by atoms with van der Waals surface area (Å²) in [5.74, 6) is 0.843. The summed E-state index contributed by atoms with van der Waals surface area (Å²) in [6, 6.07) is 21.3. The third-order valence-corrected chi connectivity index (χ3v) is 6.98. The Kier molecular flexibility index (Phi) is 7.59. The summed E-state index contributed by atoms with van der Waals surface area (Å²) in [4.78, 5) is 29.2. The maximum absolute atomic E-state index is 12.4. The van der Waals surface area contributed by atoms with Gasteiger partial charge in [-0.05, 0) is 29.1 Å². The van der Waals surface area contributed by atoms with E-state index in [0.29, 0.717) is 12.2 Å². The topological polar surface area (TPSA) is 80.3 Å². The van der Waals surface area contributed by atoms with E-state index >= 15 is 0 Å². The second-order valence-electron chi connectivity index (χ2n) is 7.27. The normalized spacial score (nSPS) is 10.7. The minimum atomic E-state index is -0.0960. The first-order chi connectivity index (χ1) is 16.1. The fourth-order valence-electron chi connectivity index (χ4n) is 3.25. The molecule has 0 aliphatic heterocycles. The third kappa shape index (κ3) is 6.34. The number of thiazole rings is 1. The monoisotopic (exact) mass is 477 g/mol. The molecule has 6 nitrogen and oxygen atoms in total. The predicted molar refractivity (Wildman–Crippen MR) is 134 cm³/mol. The van der Waals surface area contributed by atoms with Crippen molar-refractivity contribution in [2.75, 3.05) is 18.2 Å². The lowest BCUT2D eigenvalue weighted by atomic mass is 10.1. The van der Waals surface area contributed by atoms with Gasteiger partial charge >= 0.3 is 0 Å². The number of aromatic nitrogens is 1. The second-order valence-corrected chi connectivity index (χ2v) is 9.35. The molecule has 2 amide bonds. The van der Waals surface area contributed by atoms with Crippen LogP contribution < -0.4 is 15.4 Å². The molecule has 8 heteroatoms. The zero-order chi connectivity index (χ0) is 23.0. The van der Waals surface area contributed by atoms with Gasteiger partial charge in [0.2, 0.25) is 11.8 Å². The smallest absolute Gasteiger partial charge is 0.234 e. The van der Waals surface area contributed by atoms with E-state index in [2.05, 4.69) is 15.6 Å². The number of nitrogens with zero attached hydrogens (tertiary/aromatic N) is 1. The van der Waals surface area contributed by atoms with Crippen molar-refractivity contribution in [2.45, 2.75) is 17.3 Å². The van der Waals surface area contributed by atoms with Gasteiger partial charge in [-0.25, -0.2) is 4.98 Å². The number of thioether (sulfide) groups is 1. The molecule has 2 N–H and O–H groups in total. The van der Waals surface area contributed by atoms with Crippen molar-refractivity contribution in [1.29, 1.82) is 0 Å². The van der Waals surface area contributed by atoms with Gasteiger partial charge in [-0.1, -0.05) is 60.3 Å². The number of carbonyl (C=O) groups is 2. The van der Waals surface area contributed by atoms with Crippen LogP contribution in [0, 0.1) is 0 Å². The van der Waals surface area contributed by atoms with Crippen LogP contribution in [0.25, 0.3) is 10.8 Å². The molecule has 0 radical (unpaired) electrons. The molecule has 0 spiro atoms. The van der Waals surface area contributed by atoms with Gasteiger partial charge in [0.1, 0.15) is 5.75 Å². The Morgan fingerprint density at radius 3 is 2.61 bits per heavy atom. The Morgan fingerprint density at radius 2 is 1.79 bits per heavy atom. The molecule has 4 rings (SSSR count). The first-order valence-corrected chi connectivity index (χ1v) is 12.2. The predicted octanol–water partition coefficient (Wildman–Crippen LogP) is 4.89. The number of methoxy groups -OCH3 is 1. The van der Waals surface area contributed by atoms with Gasteiger partial charge < -0.3 is 15.4 Å². The average Bonchev–Trinajstić information content (AvgIpc) is 3.29. The molecule has 3 aromatic carbocycles. The lowest BCUT2D eigenvalue weighted by molar-refractivity contribution is -0.120. The van der Waals surface area contributed by atoms with E-state index in [4.69, 9.17) is 4.74 Å². The Labute approximate surface area is 200 Å². The van der Waals surface area contributed by atoms with Crippen LogP contribution in [-0.2, 0) is 22.6 Å². The number of amides is 2. The summed E-state index contributed by atoms with van der Waals surface area (Å²) < 4.78 is 5.90. The van der Waals surface area contributed by atoms with Crippen molar-refractivity contribution >= 4 is 51.4 Å². The van der Waals surface area contributed by atoms with Crippen LogP contribution in [-0.4, -0.2) is 29.7 Å². The SMILES string of the molecule is COc1ccc(CNC(=O)Cc2csc(SCC(=O)Nc3cccc4ccccc34)n2)cc1. The Morgan fingerprint density at radius 1 is 1.00 bits per heavy atom. The largest absolute Gasteiger partial charge is 0.497 e. The molecule has 4 aromatic rings. The zero-order valence-corrected chi connectivity index (χ0v) is 19.7. The molecule has 168 valence electrons. The first kappa shape index (κ1) is 22.8. The van der Waals surface area contributed by atoms with Crippen molar-refractivity contribution in [3.05, 3.63) is 83.4 Å². The van der Waals surface area contributed by atoms with Crippen molar-refractivity contribution in [3.8, 4) is 5.75 Å². The number of benzene rings is 3. The highest BCUT2D eigenvalue weighted by Crippen LogP contribution is 2.25. The highest BCUT2D eigenvalue weighted by molar-refractivity contribution is 8.01. The molecule has 33 heavy (non-hydrogen) atoms. The minimum Gasteiger partial charge on any atom is -0.497 e. The number of fused-ring (bicyclic) bond motifs is 1. The second kappa shape index (κ2) is 11.0. The van der Waals surface area contributed by atoms with Crippen LogP contribution in [0.2, 0.25) is 0 Å². The van der Waals surface area contributed by atoms with E-state index < -0.39 is 0 Å². The summed E-state index contributed by atoms with van der Waals surface area (Å²) in [6.45, 7) is 0.447. The highest BCUT2D eigenvalue weighted by Gasteiger charge is 2.11. The van der Waals surface area contributed by atoms with Gasteiger partial charge in [0, 0.05) is 23.0 Å². The first-order valence-electron chi connectivity index (χ1n) is 10.3. The van der Waals surface area contributed by atoms with Crippen molar-refractivity contribution in [1.82, 2.24) is 10.3 Å². The van der Waals surface area contributed by atoms with E-state index in [1.54, 1.807) is 7.11 Å². The number of rotatable bonds is 9. The van der Waals surface area contributed by atoms with Crippen molar-refractivity contribution < 1.29 is 14.3 Å². The number of hydrogen-bond donors (Lipinski definition) is 2. The van der Waals surface area contributed by atoms with E-state index in [0.717, 1.165) is 32.1 Å². The lowest BCUT2D eigenvalue weighted by Gasteiger charge is -2.08. The van der Waals surface area contributed by atoms with E-state index in [-0.39, 0.29) is 24.0 Å². The van der Waals surface area contributed by atoms with Gasteiger partial charge in [0.25, 0.3) is 0 Å². The number of nitrogens with one attached hydrogen (secondary N) is 2. The van der Waals surface area contributed by atoms with Gasteiger partial charge in [0.05, 0.1) is 25.0 Å². The molecule has 0 unspecified atom stereocenters. The van der Waals surface area contributed by atoms with Crippen molar-refractivity contribution in [3.63, 3.8) is 0 Å². The lowest BCUT2D eigenvalue weighted by Crippen LogP contribution is -2.24. The minimum absolute atomic E-state index is 0.0923. The number of hydrogen-bond acceptors (Lipinski definition) is 6. The summed E-state index contributed by atoms with van der Waals surface area (Å²) in [7, 11) is 1.62. The fraction of sp³-hybridized carbons (Fsp3) is 0.160. The van der Waals surface area contributed by atoms with Crippen LogP contribution in [0.5, 0.6) is 5.75 Å². The van der Waals surface area contributed by atoms with Gasteiger partial charge in [-0.2, -0.15) is 0 Å². The van der Waals surface area contributed by atoms with E-state index in [9.17, 15) is 9.59 Å². The number of carbonyl (C=O) groups excluding carboxylic acids is 2. The summed E-state index contributed by atoms with van der Waals surface area (Å²) in [6.07, 6.45) is 0.204. The molecular formula is C25H23N3O3S2. The maximum Gasteiger partial charge on any atom is 0.234 e. The molecule has 1 aromatic heterocycles. The molecule has 0 saturated heterocycles. The van der Waals surface area contributed by atoms with Gasteiger partial charge in [-0.3, -0.25) is 9.59 Å². The Hall–Kier alpha value is -3.36. The number of anilines is 1. The van der Waals surface area contributed by atoms with Crippen LogP contribution in [0.15, 0.2) is 76.4 Å². The third-order valence-electron chi connectivity index (χ3n) is 4.91. The van der Waals surface area contributed by atoms with E-state index in [1.165, 1.54) is 23.1 Å². The molecule has 0 bridgehead atoms. The quantitative estimate of drug-likeness (QED) is 0.335. The molecule has 0 aliphatic rings. The van der Waals surface area contributed by atoms with Crippen LogP contribution in [0.1, 0.15) is 11.3 Å². The molecule has 0 atom stereocenters. The fourth-order valence-corrected chi connectivity index (χ4v) is 4.90. The summed E-state index contributed by atoms with van der Waals surface area (Å²) in [5, 5.41) is 9.83. The summed E-state index contributed by atoms with van der Waals surface area (Å²) >= 11 is 2.81. The zero-order valence-electron chi connectivity index (χ0n) is 18.0. The van der Waals surface area contributed by atoms with Crippen LogP contribution in [0.3, 0.4) is 0 Å².